The maximum atomic E-state index is 13.8. The summed E-state index contributed by atoms with van der Waals surface area (Å²) in [5, 5.41) is 17.7. The molecule has 1 aromatic carbocycles. The zero-order valence-electron chi connectivity index (χ0n) is 26.6. The molecular weight excluding hydrogens is 584 g/mol. The molecule has 0 aliphatic carbocycles. The number of hydrogen-bond donors (Lipinski definition) is 5. The fourth-order valence-electron chi connectivity index (χ4n) is 5.52. The van der Waals surface area contributed by atoms with Gasteiger partial charge >= 0.3 is 12.2 Å². The number of alkyl carbamates (subject to hydrolysis) is 1. The van der Waals surface area contributed by atoms with Crippen molar-refractivity contribution in [2.45, 2.75) is 109 Å². The fraction of sp³-hybridized carbons (Fsp3) is 0.613. The zero-order valence-corrected chi connectivity index (χ0v) is 26.6. The van der Waals surface area contributed by atoms with E-state index in [2.05, 4.69) is 29.8 Å². The summed E-state index contributed by atoms with van der Waals surface area (Å²) in [5.74, 6) is -2.00. The maximum Gasteiger partial charge on any atom is 0.408 e. The molecule has 0 bridgehead atoms. The number of rotatable bonds is 10. The van der Waals surface area contributed by atoms with Crippen LogP contribution in [0.3, 0.4) is 0 Å². The number of carbonyl (C=O) groups excluding carboxylic acids is 5. The number of hydrogen-bond acceptors (Lipinski definition) is 7. The van der Waals surface area contributed by atoms with Crippen molar-refractivity contribution in [2.75, 3.05) is 13.1 Å². The van der Waals surface area contributed by atoms with Gasteiger partial charge in [-0.15, -0.1) is 0 Å². The van der Waals surface area contributed by atoms with Crippen LogP contribution in [0.5, 0.6) is 0 Å². The third-order valence-corrected chi connectivity index (χ3v) is 7.88. The lowest BCUT2D eigenvalue weighted by Crippen LogP contribution is -2.62. The number of primary amides is 1. The van der Waals surface area contributed by atoms with Gasteiger partial charge in [0.05, 0.1) is 6.54 Å². The van der Waals surface area contributed by atoms with Crippen LogP contribution in [0.4, 0.5) is 9.59 Å². The second-order valence-corrected chi connectivity index (χ2v) is 12.9. The first-order valence-electron chi connectivity index (χ1n) is 15.3. The minimum absolute atomic E-state index is 0.0420. The lowest BCUT2D eigenvalue weighted by Gasteiger charge is -2.38. The summed E-state index contributed by atoms with van der Waals surface area (Å²) in [6, 6.07) is 3.94. The monoisotopic (exact) mass is 630 g/mol. The van der Waals surface area contributed by atoms with E-state index in [0.717, 1.165) is 16.0 Å². The van der Waals surface area contributed by atoms with Crippen molar-refractivity contribution in [3.63, 3.8) is 0 Å². The molecule has 2 fully saturated rings. The zero-order chi connectivity index (χ0) is 33.5. The SMILES string of the molecule is CC(C)c1ccc(CNC(=O)[C@H](CCC(N)=O)NC(=O)[C@@H]2CC[C@@H]3CCN(C(=O)O)C[C@H](NC(=O)OC(C)(C)C)C(=O)N32)cc1. The Morgan fingerprint density at radius 1 is 1.07 bits per heavy atom. The first kappa shape index (κ1) is 35.1. The molecule has 2 aliphatic heterocycles. The van der Waals surface area contributed by atoms with Gasteiger partial charge in [-0.25, -0.2) is 9.59 Å². The van der Waals surface area contributed by atoms with Crippen molar-refractivity contribution in [3.05, 3.63) is 35.4 Å². The summed E-state index contributed by atoms with van der Waals surface area (Å²) in [6.45, 7) is 9.09. The number of amides is 6. The van der Waals surface area contributed by atoms with Crippen LogP contribution in [0.1, 0.15) is 83.8 Å². The van der Waals surface area contributed by atoms with Crippen molar-refractivity contribution >= 4 is 35.8 Å². The van der Waals surface area contributed by atoms with Crippen LogP contribution in [-0.2, 0) is 30.5 Å². The first-order valence-corrected chi connectivity index (χ1v) is 15.3. The number of nitrogens with one attached hydrogen (secondary N) is 3. The average molecular weight is 631 g/mol. The van der Waals surface area contributed by atoms with Crippen molar-refractivity contribution in [1.82, 2.24) is 25.8 Å². The fourth-order valence-corrected chi connectivity index (χ4v) is 5.52. The van der Waals surface area contributed by atoms with Crippen LogP contribution in [0.15, 0.2) is 24.3 Å². The molecule has 4 atom stereocenters. The van der Waals surface area contributed by atoms with E-state index in [0.29, 0.717) is 18.8 Å². The third-order valence-electron chi connectivity index (χ3n) is 7.88. The van der Waals surface area contributed by atoms with Crippen LogP contribution in [-0.4, -0.2) is 93.6 Å². The van der Waals surface area contributed by atoms with Crippen LogP contribution >= 0.6 is 0 Å². The van der Waals surface area contributed by atoms with Crippen molar-refractivity contribution < 1.29 is 38.6 Å². The summed E-state index contributed by atoms with van der Waals surface area (Å²) in [5.41, 5.74) is 6.49. The van der Waals surface area contributed by atoms with Gasteiger partial charge in [-0.2, -0.15) is 0 Å². The van der Waals surface area contributed by atoms with Gasteiger partial charge in [0.15, 0.2) is 0 Å². The molecule has 0 spiro atoms. The van der Waals surface area contributed by atoms with Gasteiger partial charge in [-0.05, 0) is 63.5 Å². The number of nitrogens with two attached hydrogens (primary N) is 1. The second kappa shape index (κ2) is 15.1. The summed E-state index contributed by atoms with van der Waals surface area (Å²) >= 11 is 0. The topological polar surface area (TPSA) is 200 Å². The molecule has 0 aromatic heterocycles. The Balaban J connectivity index is 1.76. The average Bonchev–Trinajstić information content (AvgIpc) is 3.36. The molecule has 248 valence electrons. The third kappa shape index (κ3) is 10.1. The molecule has 6 N–H and O–H groups in total. The molecule has 0 unspecified atom stereocenters. The van der Waals surface area contributed by atoms with Crippen LogP contribution < -0.4 is 21.7 Å². The van der Waals surface area contributed by atoms with Gasteiger partial charge in [0.25, 0.3) is 0 Å². The minimum atomic E-state index is -1.30. The summed E-state index contributed by atoms with van der Waals surface area (Å²) in [4.78, 5) is 79.1. The van der Waals surface area contributed by atoms with Gasteiger partial charge in [0.2, 0.25) is 23.6 Å². The highest BCUT2D eigenvalue weighted by atomic mass is 16.6. The molecular formula is C31H46N6O8. The molecule has 14 heteroatoms. The van der Waals surface area contributed by atoms with Crippen LogP contribution in [0.25, 0.3) is 0 Å². The van der Waals surface area contributed by atoms with E-state index in [1.54, 1.807) is 20.8 Å². The minimum Gasteiger partial charge on any atom is -0.465 e. The molecule has 45 heavy (non-hydrogen) atoms. The molecule has 1 aromatic rings. The first-order chi connectivity index (χ1) is 21.1. The Hall–Kier alpha value is -4.36. The van der Waals surface area contributed by atoms with Gasteiger partial charge in [0, 0.05) is 25.6 Å². The van der Waals surface area contributed by atoms with E-state index in [-0.39, 0.29) is 38.9 Å². The quantitative estimate of drug-likeness (QED) is 0.258. The molecule has 3 rings (SSSR count). The number of ether oxygens (including phenoxy) is 1. The van der Waals surface area contributed by atoms with Gasteiger partial charge in [-0.1, -0.05) is 38.1 Å². The Kier molecular flexibility index (Phi) is 11.8. The lowest BCUT2D eigenvalue weighted by atomic mass is 10.0. The normalized spacial score (nSPS) is 20.8. The van der Waals surface area contributed by atoms with Gasteiger partial charge in [0.1, 0.15) is 23.7 Å². The number of nitrogens with zero attached hydrogens (tertiary/aromatic N) is 2. The van der Waals surface area contributed by atoms with E-state index < -0.39 is 65.6 Å². The smallest absolute Gasteiger partial charge is 0.408 e. The highest BCUT2D eigenvalue weighted by Gasteiger charge is 2.46. The van der Waals surface area contributed by atoms with E-state index in [4.69, 9.17) is 10.5 Å². The van der Waals surface area contributed by atoms with Gasteiger partial charge < -0.3 is 41.3 Å². The molecule has 0 radical (unpaired) electrons. The van der Waals surface area contributed by atoms with Crippen molar-refractivity contribution in [1.29, 1.82) is 0 Å². The van der Waals surface area contributed by atoms with Gasteiger partial charge in [-0.3, -0.25) is 19.2 Å². The Labute approximate surface area is 263 Å². The highest BCUT2D eigenvalue weighted by Crippen LogP contribution is 2.30. The summed E-state index contributed by atoms with van der Waals surface area (Å²) in [6.07, 6.45) is -1.35. The summed E-state index contributed by atoms with van der Waals surface area (Å²) < 4.78 is 5.29. The number of benzene rings is 1. The molecule has 0 saturated carbocycles. The Morgan fingerprint density at radius 3 is 2.31 bits per heavy atom. The van der Waals surface area contributed by atoms with E-state index in [9.17, 15) is 33.9 Å². The number of fused-ring (bicyclic) bond motifs is 1. The standard InChI is InChI=1S/C31H46N6O8/c1-18(2)20-8-6-19(7-9-20)16-33-26(39)22(11-13-25(32)38)34-27(40)24-12-10-21-14-15-36(30(43)44)17-23(28(41)37(21)24)35-29(42)45-31(3,4)5/h6-9,18,21-24H,10-17H2,1-5H3,(H2,32,38)(H,33,39)(H,34,40)(H,35,42)(H,43,44)/t21-,22+,23+,24+/m1/s1. The maximum absolute atomic E-state index is 13.8. The summed E-state index contributed by atoms with van der Waals surface area (Å²) in [7, 11) is 0. The highest BCUT2D eigenvalue weighted by molar-refractivity contribution is 5.95. The van der Waals surface area contributed by atoms with Crippen molar-refractivity contribution in [3.8, 4) is 0 Å². The predicted molar refractivity (Wildman–Crippen MR) is 164 cm³/mol. The van der Waals surface area contributed by atoms with Crippen LogP contribution in [0.2, 0.25) is 0 Å². The lowest BCUT2D eigenvalue weighted by molar-refractivity contribution is -0.144. The number of carboxylic acid groups (broad SMARTS) is 1. The van der Waals surface area contributed by atoms with E-state index >= 15 is 0 Å². The Bertz CT molecular complexity index is 1260. The van der Waals surface area contributed by atoms with Crippen molar-refractivity contribution in [2.24, 2.45) is 5.73 Å². The van der Waals surface area contributed by atoms with E-state index in [1.807, 2.05) is 24.3 Å². The molecule has 2 saturated heterocycles. The molecule has 14 nitrogen and oxygen atoms in total. The number of carbonyl (C=O) groups is 6. The second-order valence-electron chi connectivity index (χ2n) is 12.9. The van der Waals surface area contributed by atoms with E-state index in [1.165, 1.54) is 4.90 Å². The largest absolute Gasteiger partial charge is 0.465 e. The Morgan fingerprint density at radius 2 is 1.73 bits per heavy atom. The molecule has 2 aliphatic rings. The van der Waals surface area contributed by atoms with Crippen LogP contribution in [0, 0.1) is 0 Å². The molecule has 6 amide bonds. The molecule has 2 heterocycles. The predicted octanol–water partition coefficient (Wildman–Crippen LogP) is 1.81.